The highest BCUT2D eigenvalue weighted by Crippen LogP contribution is 2.18. The van der Waals surface area contributed by atoms with Crippen LogP contribution < -0.4 is 5.32 Å². The molecular weight excluding hydrogens is 262 g/mol. The Labute approximate surface area is 124 Å². The Bertz CT molecular complexity index is 725. The van der Waals surface area contributed by atoms with Gasteiger partial charge in [0, 0.05) is 25.2 Å². The normalized spacial score (nSPS) is 11.3. The number of nitrogens with one attached hydrogen (secondary N) is 1. The van der Waals surface area contributed by atoms with E-state index in [-0.39, 0.29) is 0 Å². The van der Waals surface area contributed by atoms with E-state index in [2.05, 4.69) is 46.7 Å². The SMILES string of the molecule is CCCNCc1ccn(Cc2nn(C)c3ccccc23)n1. The lowest BCUT2D eigenvalue weighted by atomic mass is 10.2. The number of fused-ring (bicyclic) bond motifs is 1. The molecule has 5 heteroatoms. The first-order valence-electron chi connectivity index (χ1n) is 7.41. The summed E-state index contributed by atoms with van der Waals surface area (Å²) in [5.41, 5.74) is 3.29. The number of rotatable bonds is 6. The van der Waals surface area contributed by atoms with Crippen LogP contribution in [0.2, 0.25) is 0 Å². The molecule has 1 aromatic carbocycles. The summed E-state index contributed by atoms with van der Waals surface area (Å²) in [5, 5.41) is 13.8. The average molecular weight is 283 g/mol. The molecule has 21 heavy (non-hydrogen) atoms. The second-order valence-electron chi connectivity index (χ2n) is 5.27. The number of aryl methyl sites for hydroxylation is 1. The van der Waals surface area contributed by atoms with Gasteiger partial charge in [0.15, 0.2) is 0 Å². The molecule has 0 aliphatic carbocycles. The molecule has 0 amide bonds. The summed E-state index contributed by atoms with van der Waals surface area (Å²) >= 11 is 0. The Balaban J connectivity index is 1.76. The van der Waals surface area contributed by atoms with Gasteiger partial charge in [-0.15, -0.1) is 0 Å². The van der Waals surface area contributed by atoms with Crippen LogP contribution >= 0.6 is 0 Å². The van der Waals surface area contributed by atoms with Crippen LogP contribution in [0.25, 0.3) is 10.9 Å². The zero-order chi connectivity index (χ0) is 14.7. The van der Waals surface area contributed by atoms with E-state index in [9.17, 15) is 0 Å². The van der Waals surface area contributed by atoms with Crippen LogP contribution in [0.3, 0.4) is 0 Å². The molecule has 110 valence electrons. The number of nitrogens with zero attached hydrogens (tertiary/aromatic N) is 4. The van der Waals surface area contributed by atoms with Crippen molar-refractivity contribution in [3.8, 4) is 0 Å². The predicted molar refractivity (Wildman–Crippen MR) is 84.0 cm³/mol. The zero-order valence-corrected chi connectivity index (χ0v) is 12.6. The minimum absolute atomic E-state index is 0.704. The van der Waals surface area contributed by atoms with E-state index in [1.807, 2.05) is 28.7 Å². The van der Waals surface area contributed by atoms with Gasteiger partial charge in [-0.05, 0) is 25.1 Å². The smallest absolute Gasteiger partial charge is 0.0918 e. The fraction of sp³-hybridized carbons (Fsp3) is 0.375. The third-order valence-corrected chi connectivity index (χ3v) is 3.57. The van der Waals surface area contributed by atoms with E-state index < -0.39 is 0 Å². The summed E-state index contributed by atoms with van der Waals surface area (Å²) in [6.45, 7) is 4.72. The maximum absolute atomic E-state index is 4.61. The fourth-order valence-corrected chi connectivity index (χ4v) is 2.54. The first kappa shape index (κ1) is 13.8. The molecule has 0 radical (unpaired) electrons. The number of aromatic nitrogens is 4. The lowest BCUT2D eigenvalue weighted by Gasteiger charge is -2.00. The summed E-state index contributed by atoms with van der Waals surface area (Å²) < 4.78 is 3.88. The van der Waals surface area contributed by atoms with Crippen molar-refractivity contribution in [1.29, 1.82) is 0 Å². The molecule has 3 rings (SSSR count). The van der Waals surface area contributed by atoms with Crippen molar-refractivity contribution in [3.63, 3.8) is 0 Å². The molecule has 2 heterocycles. The van der Waals surface area contributed by atoms with Crippen molar-refractivity contribution in [1.82, 2.24) is 24.9 Å². The molecule has 0 atom stereocenters. The van der Waals surface area contributed by atoms with Gasteiger partial charge in [0.2, 0.25) is 0 Å². The van der Waals surface area contributed by atoms with Crippen LogP contribution in [0.15, 0.2) is 36.5 Å². The second kappa shape index (κ2) is 6.10. The standard InChI is InChI=1S/C16H21N5/c1-3-9-17-11-13-8-10-21(18-13)12-15-14-6-4-5-7-16(14)20(2)19-15/h4-8,10,17H,3,9,11-12H2,1-2H3. The lowest BCUT2D eigenvalue weighted by molar-refractivity contribution is 0.618. The number of hydrogen-bond acceptors (Lipinski definition) is 3. The quantitative estimate of drug-likeness (QED) is 0.706. The first-order valence-corrected chi connectivity index (χ1v) is 7.41. The Morgan fingerprint density at radius 1 is 1.14 bits per heavy atom. The highest BCUT2D eigenvalue weighted by molar-refractivity contribution is 5.81. The van der Waals surface area contributed by atoms with Crippen LogP contribution in [0, 0.1) is 0 Å². The van der Waals surface area contributed by atoms with Gasteiger partial charge in [-0.25, -0.2) is 0 Å². The van der Waals surface area contributed by atoms with Crippen molar-refractivity contribution >= 4 is 10.9 Å². The van der Waals surface area contributed by atoms with Gasteiger partial charge in [0.05, 0.1) is 23.4 Å². The minimum Gasteiger partial charge on any atom is -0.311 e. The van der Waals surface area contributed by atoms with Gasteiger partial charge < -0.3 is 5.32 Å². The molecule has 0 saturated carbocycles. The Kier molecular flexibility index (Phi) is 4.01. The minimum atomic E-state index is 0.704. The molecule has 0 spiro atoms. The first-order chi connectivity index (χ1) is 10.3. The van der Waals surface area contributed by atoms with Crippen LogP contribution in [0.1, 0.15) is 24.7 Å². The molecule has 0 aliphatic heterocycles. The van der Waals surface area contributed by atoms with E-state index in [0.29, 0.717) is 6.54 Å². The molecule has 0 bridgehead atoms. The van der Waals surface area contributed by atoms with E-state index in [4.69, 9.17) is 0 Å². The molecule has 0 saturated heterocycles. The second-order valence-corrected chi connectivity index (χ2v) is 5.27. The van der Waals surface area contributed by atoms with Gasteiger partial charge in [-0.2, -0.15) is 10.2 Å². The average Bonchev–Trinajstić information content (AvgIpc) is 3.06. The van der Waals surface area contributed by atoms with Crippen molar-refractivity contribution in [3.05, 3.63) is 47.9 Å². The summed E-state index contributed by atoms with van der Waals surface area (Å²) in [5.74, 6) is 0. The van der Waals surface area contributed by atoms with Crippen LogP contribution in [-0.2, 0) is 20.1 Å². The Morgan fingerprint density at radius 3 is 2.86 bits per heavy atom. The molecular formula is C16H21N5. The topological polar surface area (TPSA) is 47.7 Å². The summed E-state index contributed by atoms with van der Waals surface area (Å²) in [4.78, 5) is 0. The van der Waals surface area contributed by atoms with Gasteiger partial charge in [-0.1, -0.05) is 25.1 Å². The lowest BCUT2D eigenvalue weighted by Crippen LogP contribution is -2.14. The number of hydrogen-bond donors (Lipinski definition) is 1. The van der Waals surface area contributed by atoms with E-state index >= 15 is 0 Å². The Hall–Kier alpha value is -2.14. The van der Waals surface area contributed by atoms with E-state index in [1.165, 1.54) is 5.39 Å². The summed E-state index contributed by atoms with van der Waals surface area (Å²) in [6, 6.07) is 10.4. The summed E-state index contributed by atoms with van der Waals surface area (Å²) in [6.07, 6.45) is 3.16. The number of para-hydroxylation sites is 1. The number of benzene rings is 1. The largest absolute Gasteiger partial charge is 0.311 e. The molecule has 1 N–H and O–H groups in total. The maximum Gasteiger partial charge on any atom is 0.0918 e. The molecule has 2 aromatic heterocycles. The van der Waals surface area contributed by atoms with Crippen LogP contribution in [0.4, 0.5) is 0 Å². The maximum atomic E-state index is 4.61. The van der Waals surface area contributed by atoms with Crippen LogP contribution in [-0.4, -0.2) is 26.1 Å². The molecule has 0 unspecified atom stereocenters. The fourth-order valence-electron chi connectivity index (χ4n) is 2.54. The molecule has 5 nitrogen and oxygen atoms in total. The van der Waals surface area contributed by atoms with Crippen molar-refractivity contribution in [2.75, 3.05) is 6.54 Å². The van der Waals surface area contributed by atoms with E-state index in [1.54, 1.807) is 0 Å². The van der Waals surface area contributed by atoms with E-state index in [0.717, 1.165) is 36.4 Å². The molecule has 0 aliphatic rings. The Morgan fingerprint density at radius 2 is 2.00 bits per heavy atom. The van der Waals surface area contributed by atoms with Crippen molar-refractivity contribution in [2.24, 2.45) is 7.05 Å². The third kappa shape index (κ3) is 2.97. The highest BCUT2D eigenvalue weighted by Gasteiger charge is 2.09. The van der Waals surface area contributed by atoms with Crippen molar-refractivity contribution < 1.29 is 0 Å². The van der Waals surface area contributed by atoms with Crippen LogP contribution in [0.5, 0.6) is 0 Å². The summed E-state index contributed by atoms with van der Waals surface area (Å²) in [7, 11) is 1.98. The van der Waals surface area contributed by atoms with Crippen molar-refractivity contribution in [2.45, 2.75) is 26.4 Å². The molecule has 0 fully saturated rings. The zero-order valence-electron chi connectivity index (χ0n) is 12.6. The highest BCUT2D eigenvalue weighted by atomic mass is 15.3. The third-order valence-electron chi connectivity index (χ3n) is 3.57. The predicted octanol–water partition coefficient (Wildman–Crippen LogP) is 2.32. The van der Waals surface area contributed by atoms with Gasteiger partial charge in [0.25, 0.3) is 0 Å². The van der Waals surface area contributed by atoms with Gasteiger partial charge in [0.1, 0.15) is 0 Å². The molecule has 3 aromatic rings. The van der Waals surface area contributed by atoms with Gasteiger partial charge in [-0.3, -0.25) is 9.36 Å². The monoisotopic (exact) mass is 283 g/mol. The van der Waals surface area contributed by atoms with Gasteiger partial charge >= 0.3 is 0 Å².